The molecule has 4 amide bonds. The van der Waals surface area contributed by atoms with Gasteiger partial charge in [-0.1, -0.05) is 54.6 Å². The summed E-state index contributed by atoms with van der Waals surface area (Å²) in [5, 5.41) is 28.0. The number of carbonyl (C=O) groups excluding carboxylic acids is 4. The Labute approximate surface area is 363 Å². The number of piperidine rings is 4. The Morgan fingerprint density at radius 3 is 2.26 bits per heavy atom. The van der Waals surface area contributed by atoms with Crippen molar-refractivity contribution in [3.8, 4) is 17.0 Å². The van der Waals surface area contributed by atoms with Crippen LogP contribution in [-0.4, -0.2) is 101 Å². The van der Waals surface area contributed by atoms with Gasteiger partial charge in [0.25, 0.3) is 0 Å². The van der Waals surface area contributed by atoms with Crippen LogP contribution in [-0.2, 0) is 24.7 Å². The van der Waals surface area contributed by atoms with Crippen molar-refractivity contribution in [2.24, 2.45) is 5.92 Å². The Kier molecular flexibility index (Phi) is 13.3. The summed E-state index contributed by atoms with van der Waals surface area (Å²) in [7, 11) is 0. The first-order valence-electron chi connectivity index (χ1n) is 22.4. The molecule has 8 rings (SSSR count). The van der Waals surface area contributed by atoms with Crippen LogP contribution in [0, 0.1) is 5.92 Å². The van der Waals surface area contributed by atoms with E-state index in [1.807, 2.05) is 47.4 Å². The van der Waals surface area contributed by atoms with Crippen LogP contribution in [0.25, 0.3) is 11.3 Å². The molecule has 1 unspecified atom stereocenters. The first-order valence-corrected chi connectivity index (χ1v) is 22.4. The first-order chi connectivity index (χ1) is 30.1. The van der Waals surface area contributed by atoms with Crippen LogP contribution in [0.3, 0.4) is 0 Å². The molecule has 1 aromatic heterocycles. The number of hydrogen-bond acceptors (Lipinski definition) is 11. The molecule has 4 aliphatic rings. The molecule has 6 N–H and O–H groups in total. The number of rotatable bonds is 13. The van der Waals surface area contributed by atoms with Gasteiger partial charge in [-0.15, -0.1) is 10.2 Å². The van der Waals surface area contributed by atoms with Gasteiger partial charge in [-0.05, 0) is 124 Å². The summed E-state index contributed by atoms with van der Waals surface area (Å²) in [5.74, 6) is 0.938. The van der Waals surface area contributed by atoms with Crippen molar-refractivity contribution in [3.05, 3.63) is 96.1 Å². The molecule has 5 heterocycles. The number of amides is 4. The largest absolute Gasteiger partial charge is 0.507 e. The number of likely N-dealkylation sites (tertiary alicyclic amines) is 2. The lowest BCUT2D eigenvalue weighted by molar-refractivity contribution is -0.134. The fourth-order valence-corrected chi connectivity index (χ4v) is 9.79. The molecule has 4 aliphatic heterocycles. The number of imide groups is 1. The van der Waals surface area contributed by atoms with Gasteiger partial charge in [-0.3, -0.25) is 24.5 Å². The Bertz CT molecular complexity index is 2200. The molecule has 4 fully saturated rings. The van der Waals surface area contributed by atoms with E-state index in [-0.39, 0.29) is 41.3 Å². The number of benzene rings is 3. The van der Waals surface area contributed by atoms with Gasteiger partial charge in [0.05, 0.1) is 16.9 Å². The molecule has 326 valence electrons. The van der Waals surface area contributed by atoms with Gasteiger partial charge in [-0.25, -0.2) is 0 Å². The van der Waals surface area contributed by atoms with Crippen molar-refractivity contribution in [2.45, 2.75) is 88.1 Å². The van der Waals surface area contributed by atoms with Gasteiger partial charge >= 0.3 is 0 Å². The summed E-state index contributed by atoms with van der Waals surface area (Å²) in [5.41, 5.74) is 11.0. The summed E-state index contributed by atoms with van der Waals surface area (Å²) >= 11 is 0. The van der Waals surface area contributed by atoms with E-state index in [2.05, 4.69) is 60.2 Å². The van der Waals surface area contributed by atoms with E-state index in [4.69, 9.17) is 5.73 Å². The number of anilines is 3. The van der Waals surface area contributed by atoms with Crippen LogP contribution in [0.2, 0.25) is 0 Å². The third kappa shape index (κ3) is 10.2. The average molecular weight is 842 g/mol. The summed E-state index contributed by atoms with van der Waals surface area (Å²) in [4.78, 5) is 57.3. The Morgan fingerprint density at radius 1 is 0.839 bits per heavy atom. The van der Waals surface area contributed by atoms with E-state index in [0.717, 1.165) is 68.7 Å². The molecule has 0 aliphatic carbocycles. The standard InChI is InChI=1S/C48H59N9O5/c49-46-41(32-40(53-54-46)38-9-4-5-10-42(38)58)56-29-22-48(23-30-56,36-7-2-1-3-8-36)52-44(60)31-33-18-27-57(28-19-33)45(61)11-6-24-55-25-20-35(21-26-55)34-12-14-37(15-13-34)50-39-16-17-43(59)51-47(39)62/h1-5,7-10,12-15,32-33,35,39,50,58H,6,11,16-31H2,(H2,49,54)(H,52,60)(H,51,59,62). The number of nitrogens with zero attached hydrogens (tertiary/aromatic N) is 5. The van der Waals surface area contributed by atoms with Crippen LogP contribution in [0.15, 0.2) is 84.9 Å². The second kappa shape index (κ2) is 19.4. The highest BCUT2D eigenvalue weighted by molar-refractivity contribution is 6.01. The fraction of sp³-hybridized carbons (Fsp3) is 0.458. The molecule has 0 radical (unpaired) electrons. The lowest BCUT2D eigenvalue weighted by Gasteiger charge is -2.44. The van der Waals surface area contributed by atoms with Crippen molar-refractivity contribution in [1.82, 2.24) is 30.6 Å². The number of aromatic hydroxyl groups is 1. The molecule has 14 nitrogen and oxygen atoms in total. The molecule has 0 spiro atoms. The van der Waals surface area contributed by atoms with Gasteiger partial charge in [-0.2, -0.15) is 0 Å². The maximum absolute atomic E-state index is 13.8. The molecule has 4 saturated heterocycles. The van der Waals surface area contributed by atoms with Crippen molar-refractivity contribution < 1.29 is 24.3 Å². The van der Waals surface area contributed by atoms with Crippen LogP contribution in [0.5, 0.6) is 5.75 Å². The van der Waals surface area contributed by atoms with Gasteiger partial charge in [0.1, 0.15) is 11.8 Å². The van der Waals surface area contributed by atoms with Crippen LogP contribution in [0.4, 0.5) is 17.2 Å². The molecule has 0 bridgehead atoms. The molecule has 4 aromatic rings. The van der Waals surface area contributed by atoms with E-state index in [1.165, 1.54) is 5.56 Å². The predicted molar refractivity (Wildman–Crippen MR) is 239 cm³/mol. The van der Waals surface area contributed by atoms with Gasteiger partial charge in [0.2, 0.25) is 23.6 Å². The monoisotopic (exact) mass is 841 g/mol. The van der Waals surface area contributed by atoms with Gasteiger partial charge in [0.15, 0.2) is 5.82 Å². The highest BCUT2D eigenvalue weighted by Crippen LogP contribution is 2.38. The van der Waals surface area contributed by atoms with Crippen molar-refractivity contribution in [3.63, 3.8) is 0 Å². The topological polar surface area (TPSA) is 186 Å². The lowest BCUT2D eigenvalue weighted by atomic mass is 9.80. The van der Waals surface area contributed by atoms with Crippen LogP contribution in [0.1, 0.15) is 87.7 Å². The van der Waals surface area contributed by atoms with Crippen molar-refractivity contribution in [2.75, 3.05) is 61.8 Å². The minimum absolute atomic E-state index is 0.0431. The van der Waals surface area contributed by atoms with Crippen molar-refractivity contribution in [1.29, 1.82) is 0 Å². The van der Waals surface area contributed by atoms with Crippen LogP contribution < -0.4 is 26.6 Å². The zero-order chi connectivity index (χ0) is 43.1. The van der Waals surface area contributed by atoms with Gasteiger partial charge in [0, 0.05) is 56.7 Å². The third-order valence-corrected chi connectivity index (χ3v) is 13.5. The molecule has 1 atom stereocenters. The average Bonchev–Trinajstić information content (AvgIpc) is 3.29. The van der Waals surface area contributed by atoms with E-state index in [0.29, 0.717) is 87.7 Å². The number of phenolic OH excluding ortho intramolecular Hbond substituents is 1. The summed E-state index contributed by atoms with van der Waals surface area (Å²) in [6.07, 6.45) is 7.82. The number of hydrogen-bond donors (Lipinski definition) is 5. The number of aromatic nitrogens is 2. The predicted octanol–water partition coefficient (Wildman–Crippen LogP) is 5.55. The number of nitrogen functional groups attached to an aromatic ring is 1. The number of phenols is 1. The maximum atomic E-state index is 13.8. The minimum atomic E-state index is -0.527. The SMILES string of the molecule is Nc1nnc(-c2ccccc2O)cc1N1CCC(NC(=O)CC2CCN(C(=O)CCCN3CCC(c4ccc(NC5CCC(=O)NC5=O)cc4)CC3)CC2)(c2ccccc2)CC1. The fourth-order valence-electron chi connectivity index (χ4n) is 9.79. The highest BCUT2D eigenvalue weighted by Gasteiger charge is 2.39. The minimum Gasteiger partial charge on any atom is -0.507 e. The maximum Gasteiger partial charge on any atom is 0.249 e. The molecule has 62 heavy (non-hydrogen) atoms. The third-order valence-electron chi connectivity index (χ3n) is 13.5. The zero-order valence-electron chi connectivity index (χ0n) is 35.4. The van der Waals surface area contributed by atoms with E-state index in [1.54, 1.807) is 18.2 Å². The Morgan fingerprint density at radius 2 is 1.55 bits per heavy atom. The second-order valence-electron chi connectivity index (χ2n) is 17.5. The lowest BCUT2D eigenvalue weighted by Crippen LogP contribution is -2.53. The van der Waals surface area contributed by atoms with Gasteiger partial charge < -0.3 is 36.2 Å². The van der Waals surface area contributed by atoms with E-state index >= 15 is 0 Å². The zero-order valence-corrected chi connectivity index (χ0v) is 35.4. The number of para-hydroxylation sites is 1. The molecule has 14 heteroatoms. The second-order valence-corrected chi connectivity index (χ2v) is 17.5. The van der Waals surface area contributed by atoms with Crippen LogP contribution >= 0.6 is 0 Å². The smallest absolute Gasteiger partial charge is 0.249 e. The Balaban J connectivity index is 0.758. The van der Waals surface area contributed by atoms with Crippen molar-refractivity contribution >= 4 is 40.8 Å². The molecular weight excluding hydrogens is 783 g/mol. The van der Waals surface area contributed by atoms with E-state index < -0.39 is 5.54 Å². The molecular formula is C48H59N9O5. The first kappa shape index (κ1) is 42.7. The molecule has 0 saturated carbocycles. The summed E-state index contributed by atoms with van der Waals surface area (Å²) < 4.78 is 0. The summed E-state index contributed by atoms with van der Waals surface area (Å²) in [6, 6.07) is 27.1. The Hall–Kier alpha value is -6.02. The highest BCUT2D eigenvalue weighted by atomic mass is 16.3. The number of nitrogens with two attached hydrogens (primary N) is 1. The van der Waals surface area contributed by atoms with E-state index in [9.17, 15) is 24.3 Å². The number of nitrogens with one attached hydrogen (secondary N) is 3. The quantitative estimate of drug-likeness (QED) is 0.106. The normalized spacial score (nSPS) is 20.1. The summed E-state index contributed by atoms with van der Waals surface area (Å²) in [6.45, 7) is 5.59. The number of carbonyl (C=O) groups is 4. The molecule has 3 aromatic carbocycles.